The molecule has 6 heteroatoms. The van der Waals surface area contributed by atoms with E-state index in [-0.39, 0.29) is 12.1 Å². The number of hydrogen-bond acceptors (Lipinski definition) is 5. The summed E-state index contributed by atoms with van der Waals surface area (Å²) in [6.45, 7) is 10.7. The summed E-state index contributed by atoms with van der Waals surface area (Å²) in [7, 11) is 0. The molecule has 0 saturated carbocycles. The standard InChI is InChI=1S/C17H34N2O3S/c1-14(18-8-6-7-11-23-5)12-15-13-21-10-9-19(15)16(20)22-17(2,3)4/h14-15,18H,6-13H2,1-5H3. The van der Waals surface area contributed by atoms with Crippen LogP contribution in [0.5, 0.6) is 0 Å². The number of carbonyl (C=O) groups excluding carboxylic acids is 1. The van der Waals surface area contributed by atoms with Gasteiger partial charge in [-0.05, 0) is 65.5 Å². The fraction of sp³-hybridized carbons (Fsp3) is 0.941. The van der Waals surface area contributed by atoms with Crippen molar-refractivity contribution in [1.29, 1.82) is 0 Å². The van der Waals surface area contributed by atoms with E-state index in [1.807, 2.05) is 37.4 Å². The van der Waals surface area contributed by atoms with Crippen LogP contribution in [0.4, 0.5) is 4.79 Å². The highest BCUT2D eigenvalue weighted by Crippen LogP contribution is 2.17. The molecule has 0 aromatic rings. The summed E-state index contributed by atoms with van der Waals surface area (Å²) in [4.78, 5) is 14.2. The number of rotatable bonds is 8. The van der Waals surface area contributed by atoms with Gasteiger partial charge in [0, 0.05) is 12.6 Å². The van der Waals surface area contributed by atoms with Gasteiger partial charge in [0.15, 0.2) is 0 Å². The number of thioether (sulfide) groups is 1. The fourth-order valence-electron chi connectivity index (χ4n) is 2.62. The zero-order valence-electron chi connectivity index (χ0n) is 15.4. The first-order valence-corrected chi connectivity index (χ1v) is 10.0. The van der Waals surface area contributed by atoms with Crippen LogP contribution in [-0.4, -0.2) is 67.0 Å². The minimum atomic E-state index is -0.457. The molecule has 0 radical (unpaired) electrons. The minimum Gasteiger partial charge on any atom is -0.444 e. The van der Waals surface area contributed by atoms with E-state index in [0.29, 0.717) is 25.8 Å². The van der Waals surface area contributed by atoms with Crippen molar-refractivity contribution in [3.05, 3.63) is 0 Å². The monoisotopic (exact) mass is 346 g/mol. The highest BCUT2D eigenvalue weighted by Gasteiger charge is 2.31. The molecule has 2 unspecified atom stereocenters. The molecule has 0 aliphatic carbocycles. The third-order valence-corrected chi connectivity index (χ3v) is 4.45. The first-order valence-electron chi connectivity index (χ1n) is 8.63. The van der Waals surface area contributed by atoms with Crippen LogP contribution in [0.3, 0.4) is 0 Å². The van der Waals surface area contributed by atoms with Crippen LogP contribution in [0.25, 0.3) is 0 Å². The lowest BCUT2D eigenvalue weighted by Crippen LogP contribution is -2.52. The predicted octanol–water partition coefficient (Wildman–Crippen LogP) is 3.13. The van der Waals surface area contributed by atoms with E-state index < -0.39 is 5.60 Å². The maximum Gasteiger partial charge on any atom is 0.410 e. The van der Waals surface area contributed by atoms with Crippen molar-refractivity contribution in [3.8, 4) is 0 Å². The Morgan fingerprint density at radius 2 is 2.17 bits per heavy atom. The Morgan fingerprint density at radius 1 is 1.43 bits per heavy atom. The van der Waals surface area contributed by atoms with Crippen molar-refractivity contribution in [2.45, 2.75) is 64.6 Å². The molecule has 0 spiro atoms. The van der Waals surface area contributed by atoms with E-state index >= 15 is 0 Å². The average Bonchev–Trinajstić information content (AvgIpc) is 2.45. The van der Waals surface area contributed by atoms with Crippen molar-refractivity contribution in [1.82, 2.24) is 10.2 Å². The van der Waals surface area contributed by atoms with Gasteiger partial charge < -0.3 is 19.7 Å². The summed E-state index contributed by atoms with van der Waals surface area (Å²) in [5, 5.41) is 3.55. The lowest BCUT2D eigenvalue weighted by Gasteiger charge is -2.37. The molecule has 1 aliphatic rings. The van der Waals surface area contributed by atoms with E-state index in [9.17, 15) is 4.79 Å². The fourth-order valence-corrected chi connectivity index (χ4v) is 3.12. The molecule has 1 saturated heterocycles. The molecule has 0 aromatic heterocycles. The van der Waals surface area contributed by atoms with E-state index in [2.05, 4.69) is 18.5 Å². The maximum absolute atomic E-state index is 12.4. The quantitative estimate of drug-likeness (QED) is 0.684. The number of carbonyl (C=O) groups is 1. The Morgan fingerprint density at radius 3 is 2.83 bits per heavy atom. The summed E-state index contributed by atoms with van der Waals surface area (Å²) in [5.74, 6) is 1.22. The number of ether oxygens (including phenoxy) is 2. The second kappa shape index (κ2) is 10.4. The highest BCUT2D eigenvalue weighted by molar-refractivity contribution is 7.98. The van der Waals surface area contributed by atoms with Gasteiger partial charge in [0.1, 0.15) is 5.60 Å². The van der Waals surface area contributed by atoms with E-state index in [4.69, 9.17) is 9.47 Å². The number of amides is 1. The van der Waals surface area contributed by atoms with Crippen molar-refractivity contribution in [2.24, 2.45) is 0 Å². The highest BCUT2D eigenvalue weighted by atomic mass is 32.2. The molecule has 1 fully saturated rings. The SMILES string of the molecule is CSCCCCNC(C)CC1COCCN1C(=O)OC(C)(C)C. The largest absolute Gasteiger partial charge is 0.444 e. The number of unbranched alkanes of at least 4 members (excludes halogenated alkanes) is 1. The average molecular weight is 347 g/mol. The van der Waals surface area contributed by atoms with Gasteiger partial charge >= 0.3 is 6.09 Å². The van der Waals surface area contributed by atoms with Gasteiger partial charge in [-0.25, -0.2) is 4.79 Å². The second-order valence-electron chi connectivity index (χ2n) is 7.19. The molecule has 1 rings (SSSR count). The number of nitrogens with one attached hydrogen (secondary N) is 1. The number of morpholine rings is 1. The van der Waals surface area contributed by atoms with Crippen LogP contribution in [0, 0.1) is 0 Å². The van der Waals surface area contributed by atoms with Gasteiger partial charge in [0.25, 0.3) is 0 Å². The molecule has 2 atom stereocenters. The summed E-state index contributed by atoms with van der Waals surface area (Å²) in [5.41, 5.74) is -0.457. The third-order valence-electron chi connectivity index (χ3n) is 3.75. The Labute approximate surface area is 145 Å². The minimum absolute atomic E-state index is 0.0901. The molecular formula is C17H34N2O3S. The predicted molar refractivity (Wildman–Crippen MR) is 97.2 cm³/mol. The molecular weight excluding hydrogens is 312 g/mol. The summed E-state index contributed by atoms with van der Waals surface area (Å²) in [6.07, 6.45) is 5.25. The van der Waals surface area contributed by atoms with Crippen molar-refractivity contribution < 1.29 is 14.3 Å². The third kappa shape index (κ3) is 8.82. The first kappa shape index (κ1) is 20.6. The number of nitrogens with zero attached hydrogens (tertiary/aromatic N) is 1. The lowest BCUT2D eigenvalue weighted by molar-refractivity contribution is -0.0355. The molecule has 1 aliphatic heterocycles. The molecule has 5 nitrogen and oxygen atoms in total. The maximum atomic E-state index is 12.4. The molecule has 1 heterocycles. The summed E-state index contributed by atoms with van der Waals surface area (Å²) < 4.78 is 11.1. The van der Waals surface area contributed by atoms with Crippen molar-refractivity contribution in [2.75, 3.05) is 38.3 Å². The van der Waals surface area contributed by atoms with Crippen molar-refractivity contribution in [3.63, 3.8) is 0 Å². The lowest BCUT2D eigenvalue weighted by atomic mass is 10.1. The van der Waals surface area contributed by atoms with Gasteiger partial charge in [-0.2, -0.15) is 11.8 Å². The van der Waals surface area contributed by atoms with Gasteiger partial charge in [0.05, 0.1) is 19.3 Å². The van der Waals surface area contributed by atoms with Gasteiger partial charge in [-0.1, -0.05) is 0 Å². The van der Waals surface area contributed by atoms with Crippen LogP contribution < -0.4 is 5.32 Å². The Bertz CT molecular complexity index is 347. The normalized spacial score (nSPS) is 20.4. The van der Waals surface area contributed by atoms with E-state index in [1.165, 1.54) is 18.6 Å². The van der Waals surface area contributed by atoms with Gasteiger partial charge in [-0.3, -0.25) is 0 Å². The van der Waals surface area contributed by atoms with Gasteiger partial charge in [-0.15, -0.1) is 0 Å². The zero-order chi connectivity index (χ0) is 17.3. The summed E-state index contributed by atoms with van der Waals surface area (Å²) in [6, 6.07) is 0.452. The van der Waals surface area contributed by atoms with Crippen LogP contribution >= 0.6 is 11.8 Å². The molecule has 136 valence electrons. The molecule has 0 aromatic carbocycles. The Kier molecular flexibility index (Phi) is 9.32. The topological polar surface area (TPSA) is 50.8 Å². The van der Waals surface area contributed by atoms with Crippen LogP contribution in [-0.2, 0) is 9.47 Å². The zero-order valence-corrected chi connectivity index (χ0v) is 16.2. The van der Waals surface area contributed by atoms with Gasteiger partial charge in [0.2, 0.25) is 0 Å². The van der Waals surface area contributed by atoms with Crippen molar-refractivity contribution >= 4 is 17.9 Å². The van der Waals surface area contributed by atoms with Crippen LogP contribution in [0.2, 0.25) is 0 Å². The smallest absolute Gasteiger partial charge is 0.410 e. The molecule has 1 N–H and O–H groups in total. The van der Waals surface area contributed by atoms with Crippen LogP contribution in [0.1, 0.15) is 47.0 Å². The molecule has 0 bridgehead atoms. The van der Waals surface area contributed by atoms with E-state index in [0.717, 1.165) is 13.0 Å². The molecule has 23 heavy (non-hydrogen) atoms. The van der Waals surface area contributed by atoms with E-state index in [1.54, 1.807) is 0 Å². The second-order valence-corrected chi connectivity index (χ2v) is 8.18. The van der Waals surface area contributed by atoms with Crippen LogP contribution in [0.15, 0.2) is 0 Å². The summed E-state index contributed by atoms with van der Waals surface area (Å²) >= 11 is 1.89. The number of hydrogen-bond donors (Lipinski definition) is 1. The Balaban J connectivity index is 2.40. The first-order chi connectivity index (χ1) is 10.8. The Hall–Kier alpha value is -0.460. The molecule has 1 amide bonds.